The van der Waals surface area contributed by atoms with Crippen molar-refractivity contribution in [3.63, 3.8) is 0 Å². The van der Waals surface area contributed by atoms with Crippen LogP contribution in [0.1, 0.15) is 16.1 Å². The summed E-state index contributed by atoms with van der Waals surface area (Å²) in [5.41, 5.74) is 8.58. The van der Waals surface area contributed by atoms with E-state index < -0.39 is 5.91 Å². The van der Waals surface area contributed by atoms with Gasteiger partial charge in [-0.15, -0.1) is 11.3 Å². The summed E-state index contributed by atoms with van der Waals surface area (Å²) in [5, 5.41) is 4.55. The van der Waals surface area contributed by atoms with Gasteiger partial charge in [-0.1, -0.05) is 0 Å². The zero-order valence-corrected chi connectivity index (χ0v) is 10.2. The highest BCUT2D eigenvalue weighted by molar-refractivity contribution is 7.07. The summed E-state index contributed by atoms with van der Waals surface area (Å²) >= 11 is 1.45. The molecule has 0 bridgehead atoms. The number of aromatic nitrogens is 1. The van der Waals surface area contributed by atoms with Gasteiger partial charge in [0.2, 0.25) is 11.8 Å². The first-order valence-electron chi connectivity index (χ1n) is 5.22. The van der Waals surface area contributed by atoms with E-state index in [1.54, 1.807) is 29.8 Å². The summed E-state index contributed by atoms with van der Waals surface area (Å²) in [6.45, 7) is 0. The van der Waals surface area contributed by atoms with Crippen LogP contribution in [0.15, 0.2) is 35.2 Å². The maximum absolute atomic E-state index is 11.7. The van der Waals surface area contributed by atoms with Crippen LogP contribution in [0.5, 0.6) is 0 Å². The Kier molecular flexibility index (Phi) is 3.69. The van der Waals surface area contributed by atoms with Crippen molar-refractivity contribution in [2.45, 2.75) is 6.42 Å². The van der Waals surface area contributed by atoms with Gasteiger partial charge < -0.3 is 11.1 Å². The lowest BCUT2D eigenvalue weighted by atomic mass is 10.2. The monoisotopic (exact) mass is 261 g/mol. The lowest BCUT2D eigenvalue weighted by Gasteiger charge is -2.04. The van der Waals surface area contributed by atoms with Crippen molar-refractivity contribution >= 4 is 28.8 Å². The van der Waals surface area contributed by atoms with Crippen molar-refractivity contribution in [3.05, 3.63) is 46.4 Å². The van der Waals surface area contributed by atoms with Crippen molar-refractivity contribution in [2.75, 3.05) is 5.32 Å². The minimum atomic E-state index is -0.490. The lowest BCUT2D eigenvalue weighted by molar-refractivity contribution is -0.115. The van der Waals surface area contributed by atoms with Crippen LogP contribution >= 0.6 is 11.3 Å². The number of anilines is 1. The van der Waals surface area contributed by atoms with Crippen molar-refractivity contribution in [1.82, 2.24) is 4.98 Å². The molecule has 6 heteroatoms. The molecule has 1 heterocycles. The van der Waals surface area contributed by atoms with E-state index in [4.69, 9.17) is 5.73 Å². The minimum absolute atomic E-state index is 0.146. The van der Waals surface area contributed by atoms with Gasteiger partial charge in [0.15, 0.2) is 0 Å². The van der Waals surface area contributed by atoms with Gasteiger partial charge in [-0.05, 0) is 24.3 Å². The van der Waals surface area contributed by atoms with Gasteiger partial charge in [0.1, 0.15) is 0 Å². The summed E-state index contributed by atoms with van der Waals surface area (Å²) in [6.07, 6.45) is 0.237. The second-order valence-electron chi connectivity index (χ2n) is 3.65. The molecule has 2 rings (SSSR count). The van der Waals surface area contributed by atoms with E-state index >= 15 is 0 Å². The Morgan fingerprint density at radius 1 is 1.28 bits per heavy atom. The van der Waals surface area contributed by atoms with Crippen LogP contribution in [0, 0.1) is 0 Å². The van der Waals surface area contributed by atoms with Gasteiger partial charge in [0.05, 0.1) is 17.6 Å². The summed E-state index contributed by atoms with van der Waals surface area (Å²) in [5.74, 6) is -0.636. The quantitative estimate of drug-likeness (QED) is 0.872. The fourth-order valence-electron chi connectivity index (χ4n) is 1.41. The number of carbonyl (C=O) groups excluding carboxylic acids is 2. The predicted molar refractivity (Wildman–Crippen MR) is 69.4 cm³/mol. The van der Waals surface area contributed by atoms with Gasteiger partial charge in [0, 0.05) is 16.6 Å². The molecule has 2 amide bonds. The van der Waals surface area contributed by atoms with Gasteiger partial charge in [0.25, 0.3) is 0 Å². The van der Waals surface area contributed by atoms with E-state index in [0.717, 1.165) is 5.69 Å². The molecular weight excluding hydrogens is 250 g/mol. The molecule has 3 N–H and O–H groups in total. The summed E-state index contributed by atoms with van der Waals surface area (Å²) in [4.78, 5) is 26.6. The number of thiazole rings is 1. The molecule has 0 fully saturated rings. The standard InChI is InChI=1S/C12H11N3O2S/c13-12(17)8-1-3-9(4-2-8)15-11(16)5-10-6-18-7-14-10/h1-4,6-7H,5H2,(H2,13,17)(H,15,16). The topological polar surface area (TPSA) is 85.1 Å². The molecule has 0 saturated heterocycles. The molecule has 0 spiro atoms. The van der Waals surface area contributed by atoms with Crippen LogP contribution < -0.4 is 11.1 Å². The Hall–Kier alpha value is -2.21. The van der Waals surface area contributed by atoms with Crippen molar-refractivity contribution in [3.8, 4) is 0 Å². The fourth-order valence-corrected chi connectivity index (χ4v) is 1.97. The van der Waals surface area contributed by atoms with Crippen molar-refractivity contribution < 1.29 is 9.59 Å². The number of nitrogens with two attached hydrogens (primary N) is 1. The maximum atomic E-state index is 11.7. The molecule has 18 heavy (non-hydrogen) atoms. The summed E-state index contributed by atoms with van der Waals surface area (Å²) < 4.78 is 0. The molecular formula is C12H11N3O2S. The highest BCUT2D eigenvalue weighted by Crippen LogP contribution is 2.10. The second kappa shape index (κ2) is 5.42. The second-order valence-corrected chi connectivity index (χ2v) is 4.37. The number of primary amides is 1. The number of hydrogen-bond acceptors (Lipinski definition) is 4. The van der Waals surface area contributed by atoms with Gasteiger partial charge in [-0.2, -0.15) is 0 Å². The number of carbonyl (C=O) groups is 2. The Balaban J connectivity index is 1.97. The average molecular weight is 261 g/mol. The Bertz CT molecular complexity index is 549. The molecule has 92 valence electrons. The minimum Gasteiger partial charge on any atom is -0.366 e. The van der Waals surface area contributed by atoms with E-state index in [1.165, 1.54) is 11.3 Å². The molecule has 2 aromatic rings. The molecule has 0 aliphatic heterocycles. The van der Waals surface area contributed by atoms with Crippen molar-refractivity contribution in [2.24, 2.45) is 5.73 Å². The van der Waals surface area contributed by atoms with Crippen LogP contribution in [0.2, 0.25) is 0 Å². The van der Waals surface area contributed by atoms with E-state index in [2.05, 4.69) is 10.3 Å². The molecule has 5 nitrogen and oxygen atoms in total. The van der Waals surface area contributed by atoms with Crippen LogP contribution in [-0.2, 0) is 11.2 Å². The number of nitrogens with zero attached hydrogens (tertiary/aromatic N) is 1. The first-order chi connectivity index (χ1) is 8.65. The van der Waals surface area contributed by atoms with E-state index in [-0.39, 0.29) is 12.3 Å². The first kappa shape index (κ1) is 12.3. The zero-order valence-electron chi connectivity index (χ0n) is 9.42. The first-order valence-corrected chi connectivity index (χ1v) is 6.16. The number of amides is 2. The number of hydrogen-bond donors (Lipinski definition) is 2. The highest BCUT2D eigenvalue weighted by atomic mass is 32.1. The number of nitrogens with one attached hydrogen (secondary N) is 1. The smallest absolute Gasteiger partial charge is 0.248 e. The zero-order chi connectivity index (χ0) is 13.0. The van der Waals surface area contributed by atoms with Crippen LogP contribution in [0.3, 0.4) is 0 Å². The van der Waals surface area contributed by atoms with E-state index in [1.807, 2.05) is 5.38 Å². The lowest BCUT2D eigenvalue weighted by Crippen LogP contribution is -2.15. The third-order valence-electron chi connectivity index (χ3n) is 2.28. The highest BCUT2D eigenvalue weighted by Gasteiger charge is 2.06. The summed E-state index contributed by atoms with van der Waals surface area (Å²) in [7, 11) is 0. The van der Waals surface area contributed by atoms with Gasteiger partial charge in [-0.25, -0.2) is 4.98 Å². The van der Waals surface area contributed by atoms with Gasteiger partial charge in [-0.3, -0.25) is 9.59 Å². The van der Waals surface area contributed by atoms with E-state index in [9.17, 15) is 9.59 Å². The Morgan fingerprint density at radius 3 is 2.56 bits per heavy atom. The molecule has 1 aromatic heterocycles. The largest absolute Gasteiger partial charge is 0.366 e. The van der Waals surface area contributed by atoms with Crippen LogP contribution in [0.25, 0.3) is 0 Å². The molecule has 0 atom stereocenters. The average Bonchev–Trinajstić information content (AvgIpc) is 2.82. The van der Waals surface area contributed by atoms with Crippen LogP contribution in [0.4, 0.5) is 5.69 Å². The third kappa shape index (κ3) is 3.14. The van der Waals surface area contributed by atoms with E-state index in [0.29, 0.717) is 11.3 Å². The Morgan fingerprint density at radius 2 is 2.00 bits per heavy atom. The number of benzene rings is 1. The van der Waals surface area contributed by atoms with Crippen LogP contribution in [-0.4, -0.2) is 16.8 Å². The molecule has 1 aromatic carbocycles. The maximum Gasteiger partial charge on any atom is 0.248 e. The molecule has 0 aliphatic rings. The third-order valence-corrected chi connectivity index (χ3v) is 2.91. The molecule has 0 aliphatic carbocycles. The fraction of sp³-hybridized carbons (Fsp3) is 0.0833. The molecule has 0 unspecified atom stereocenters. The summed E-state index contributed by atoms with van der Waals surface area (Å²) in [6, 6.07) is 6.42. The Labute approximate surface area is 108 Å². The molecule has 0 saturated carbocycles. The van der Waals surface area contributed by atoms with Crippen molar-refractivity contribution in [1.29, 1.82) is 0 Å². The SMILES string of the molecule is NC(=O)c1ccc(NC(=O)Cc2cscn2)cc1. The predicted octanol–water partition coefficient (Wildman–Crippen LogP) is 1.42. The number of rotatable bonds is 4. The molecule has 0 radical (unpaired) electrons. The normalized spacial score (nSPS) is 10.0. The van der Waals surface area contributed by atoms with Gasteiger partial charge >= 0.3 is 0 Å².